The van der Waals surface area contributed by atoms with Crippen LogP contribution < -0.4 is 9.47 Å². The Morgan fingerprint density at radius 1 is 1.06 bits per heavy atom. The van der Waals surface area contributed by atoms with Crippen LogP contribution in [0.5, 0.6) is 11.5 Å². The molecule has 2 aliphatic heterocycles. The number of hydrazone groups is 1. The molecule has 4 heterocycles. The third-order valence-electron chi connectivity index (χ3n) is 5.15. The van der Waals surface area contributed by atoms with Crippen molar-refractivity contribution in [3.8, 4) is 11.5 Å². The van der Waals surface area contributed by atoms with Crippen LogP contribution >= 0.6 is 22.7 Å². The van der Waals surface area contributed by atoms with Crippen molar-refractivity contribution in [2.45, 2.75) is 18.9 Å². The lowest BCUT2D eigenvalue weighted by atomic mass is 10.1. The van der Waals surface area contributed by atoms with E-state index in [-0.39, 0.29) is 11.9 Å². The Balaban J connectivity index is 1.29. The minimum atomic E-state index is -0.594. The van der Waals surface area contributed by atoms with Crippen LogP contribution in [0.25, 0.3) is 0 Å². The van der Waals surface area contributed by atoms with E-state index in [9.17, 15) is 9.59 Å². The molecule has 0 spiro atoms. The molecule has 0 fully saturated rings. The Kier molecular flexibility index (Phi) is 5.91. The highest BCUT2D eigenvalue weighted by Gasteiger charge is 2.34. The molecule has 1 atom stereocenters. The van der Waals surface area contributed by atoms with E-state index in [4.69, 9.17) is 14.2 Å². The summed E-state index contributed by atoms with van der Waals surface area (Å²) in [6.07, 6.45) is 1.40. The quantitative estimate of drug-likeness (QED) is 0.515. The number of hydrogen-bond acceptors (Lipinski definition) is 8. The molecule has 0 aliphatic carbocycles. The van der Waals surface area contributed by atoms with E-state index in [1.54, 1.807) is 40.9 Å². The zero-order valence-corrected chi connectivity index (χ0v) is 18.7. The average molecular weight is 469 g/mol. The Bertz CT molecular complexity index is 1140. The fourth-order valence-corrected chi connectivity index (χ4v) is 5.13. The number of nitrogens with zero attached hydrogens (tertiary/aromatic N) is 2. The molecule has 0 saturated heterocycles. The summed E-state index contributed by atoms with van der Waals surface area (Å²) in [5.41, 5.74) is 1.17. The number of ether oxygens (including phenoxy) is 3. The lowest BCUT2D eigenvalue weighted by Crippen LogP contribution is -2.31. The van der Waals surface area contributed by atoms with Crippen LogP contribution in [0, 0.1) is 0 Å². The van der Waals surface area contributed by atoms with E-state index in [0.717, 1.165) is 21.9 Å². The molecule has 7 nitrogen and oxygen atoms in total. The highest BCUT2D eigenvalue weighted by molar-refractivity contribution is 7.12. The second-order valence-corrected chi connectivity index (χ2v) is 9.21. The number of amides is 1. The van der Waals surface area contributed by atoms with Gasteiger partial charge < -0.3 is 14.2 Å². The van der Waals surface area contributed by atoms with Gasteiger partial charge in [-0.3, -0.25) is 4.79 Å². The third kappa shape index (κ3) is 4.26. The van der Waals surface area contributed by atoms with E-state index < -0.39 is 12.6 Å². The molecule has 1 unspecified atom stereocenters. The molecule has 5 rings (SSSR count). The van der Waals surface area contributed by atoms with Crippen LogP contribution in [-0.2, 0) is 9.53 Å². The monoisotopic (exact) mass is 468 g/mol. The minimum absolute atomic E-state index is 0.198. The number of benzene rings is 1. The van der Waals surface area contributed by atoms with Gasteiger partial charge in [-0.15, -0.1) is 22.7 Å². The molecule has 1 amide bonds. The van der Waals surface area contributed by atoms with Crippen LogP contribution in [0.1, 0.15) is 39.0 Å². The Labute approximate surface area is 192 Å². The second kappa shape index (κ2) is 9.13. The van der Waals surface area contributed by atoms with Crippen molar-refractivity contribution in [2.24, 2.45) is 5.10 Å². The first-order valence-electron chi connectivity index (χ1n) is 10.2. The van der Waals surface area contributed by atoms with Crippen LogP contribution in [0.2, 0.25) is 0 Å². The number of rotatable bonds is 5. The Hall–Kier alpha value is -3.17. The molecular formula is C23H20N2O5S2. The molecule has 164 valence electrons. The molecule has 2 aromatic heterocycles. The standard InChI is InChI=1S/C23H20N2O5S2/c26-22(14-30-23(27)15-6-7-18-19(12-15)29-9-3-8-28-18)25-17(21-5-2-11-32-21)13-16(24-25)20-4-1-10-31-20/h1-2,4-7,10-12,17H,3,8-9,13-14H2. The fourth-order valence-electron chi connectivity index (χ4n) is 3.60. The van der Waals surface area contributed by atoms with Gasteiger partial charge in [0.05, 0.1) is 35.4 Å². The van der Waals surface area contributed by atoms with Crippen molar-refractivity contribution >= 4 is 40.3 Å². The highest BCUT2D eigenvalue weighted by atomic mass is 32.1. The first kappa shape index (κ1) is 20.7. The molecule has 2 aliphatic rings. The number of fused-ring (bicyclic) bond motifs is 1. The summed E-state index contributed by atoms with van der Waals surface area (Å²) in [6.45, 7) is 0.699. The number of carbonyl (C=O) groups is 2. The van der Waals surface area contributed by atoms with E-state index in [2.05, 4.69) is 5.10 Å². The molecule has 32 heavy (non-hydrogen) atoms. The summed E-state index contributed by atoms with van der Waals surface area (Å²) in [5, 5.41) is 9.99. The van der Waals surface area contributed by atoms with Crippen molar-refractivity contribution < 1.29 is 23.8 Å². The van der Waals surface area contributed by atoms with E-state index in [1.165, 1.54) is 5.01 Å². The van der Waals surface area contributed by atoms with Gasteiger partial charge in [-0.1, -0.05) is 12.1 Å². The van der Waals surface area contributed by atoms with Gasteiger partial charge in [0.2, 0.25) is 0 Å². The molecular weight excluding hydrogens is 448 g/mol. The van der Waals surface area contributed by atoms with Crippen molar-refractivity contribution in [1.82, 2.24) is 5.01 Å². The first-order chi connectivity index (χ1) is 15.7. The SMILES string of the molecule is O=C(OCC(=O)N1N=C(c2cccs2)CC1c1cccs1)c1ccc2c(c1)OCCCO2. The smallest absolute Gasteiger partial charge is 0.338 e. The highest BCUT2D eigenvalue weighted by Crippen LogP contribution is 2.36. The maximum atomic E-state index is 13.0. The molecule has 0 N–H and O–H groups in total. The predicted octanol–water partition coefficient (Wildman–Crippen LogP) is 4.51. The van der Waals surface area contributed by atoms with Crippen LogP contribution in [-0.4, -0.2) is 42.4 Å². The Morgan fingerprint density at radius 2 is 1.88 bits per heavy atom. The van der Waals surface area contributed by atoms with E-state index in [0.29, 0.717) is 36.7 Å². The second-order valence-electron chi connectivity index (χ2n) is 7.29. The van der Waals surface area contributed by atoms with Crippen LogP contribution in [0.15, 0.2) is 58.3 Å². The lowest BCUT2D eigenvalue weighted by Gasteiger charge is -2.20. The molecule has 0 bridgehead atoms. The summed E-state index contributed by atoms with van der Waals surface area (Å²) in [5.74, 6) is 0.146. The summed E-state index contributed by atoms with van der Waals surface area (Å²) < 4.78 is 16.5. The largest absolute Gasteiger partial charge is 0.490 e. The zero-order chi connectivity index (χ0) is 21.9. The number of hydrogen-bond donors (Lipinski definition) is 0. The van der Waals surface area contributed by atoms with Gasteiger partial charge in [0.25, 0.3) is 5.91 Å². The van der Waals surface area contributed by atoms with Crippen molar-refractivity contribution in [3.63, 3.8) is 0 Å². The normalized spacial score (nSPS) is 17.6. The van der Waals surface area contributed by atoms with Crippen LogP contribution in [0.3, 0.4) is 0 Å². The summed E-state index contributed by atoms with van der Waals surface area (Å²) in [7, 11) is 0. The Morgan fingerprint density at radius 3 is 2.66 bits per heavy atom. The third-order valence-corrected chi connectivity index (χ3v) is 7.05. The topological polar surface area (TPSA) is 77.4 Å². The molecule has 3 aromatic rings. The van der Waals surface area contributed by atoms with E-state index >= 15 is 0 Å². The number of thiophene rings is 2. The van der Waals surface area contributed by atoms with Gasteiger partial charge in [-0.2, -0.15) is 5.10 Å². The van der Waals surface area contributed by atoms with Gasteiger partial charge in [-0.25, -0.2) is 9.80 Å². The molecule has 9 heteroatoms. The fraction of sp³-hybridized carbons (Fsp3) is 0.261. The lowest BCUT2D eigenvalue weighted by molar-refractivity contribution is -0.136. The van der Waals surface area contributed by atoms with Gasteiger partial charge in [0.1, 0.15) is 0 Å². The summed E-state index contributed by atoms with van der Waals surface area (Å²) in [6, 6.07) is 12.6. The minimum Gasteiger partial charge on any atom is -0.490 e. The summed E-state index contributed by atoms with van der Waals surface area (Å²) in [4.78, 5) is 27.6. The number of carbonyl (C=O) groups excluding carboxylic acids is 2. The molecule has 1 aromatic carbocycles. The maximum Gasteiger partial charge on any atom is 0.338 e. The van der Waals surface area contributed by atoms with Crippen molar-refractivity contribution in [2.75, 3.05) is 19.8 Å². The average Bonchev–Trinajstić information content (AvgIpc) is 3.56. The van der Waals surface area contributed by atoms with Crippen molar-refractivity contribution in [1.29, 1.82) is 0 Å². The van der Waals surface area contributed by atoms with Gasteiger partial charge >= 0.3 is 5.97 Å². The van der Waals surface area contributed by atoms with Gasteiger partial charge in [0, 0.05) is 17.7 Å². The predicted molar refractivity (Wildman–Crippen MR) is 122 cm³/mol. The molecule has 0 saturated carbocycles. The van der Waals surface area contributed by atoms with E-state index in [1.807, 2.05) is 35.0 Å². The molecule has 0 radical (unpaired) electrons. The summed E-state index contributed by atoms with van der Waals surface area (Å²) >= 11 is 3.17. The van der Waals surface area contributed by atoms with Crippen molar-refractivity contribution in [3.05, 3.63) is 68.5 Å². The first-order valence-corrected chi connectivity index (χ1v) is 12.0. The zero-order valence-electron chi connectivity index (χ0n) is 17.1. The maximum absolute atomic E-state index is 13.0. The van der Waals surface area contributed by atoms with Crippen LogP contribution in [0.4, 0.5) is 0 Å². The number of esters is 1. The van der Waals surface area contributed by atoms with Gasteiger partial charge in [-0.05, 0) is 41.1 Å². The van der Waals surface area contributed by atoms with Gasteiger partial charge in [0.15, 0.2) is 18.1 Å².